The second kappa shape index (κ2) is 6.76. The first-order chi connectivity index (χ1) is 12.0. The summed E-state index contributed by atoms with van der Waals surface area (Å²) in [5, 5.41) is 8.03. The Balaban J connectivity index is 1.71. The minimum Gasteiger partial charge on any atom is -0.465 e. The zero-order valence-electron chi connectivity index (χ0n) is 14.1. The van der Waals surface area contributed by atoms with Crippen LogP contribution in [-0.2, 0) is 22.6 Å². The molecule has 2 heterocycles. The van der Waals surface area contributed by atoms with Crippen LogP contribution in [0.3, 0.4) is 0 Å². The number of rotatable bonds is 5. The molecule has 130 valence electrons. The zero-order chi connectivity index (χ0) is 18.0. The quantitative estimate of drug-likeness (QED) is 0.657. The molecule has 0 fully saturated rings. The zero-order valence-corrected chi connectivity index (χ0v) is 14.1. The Bertz CT molecular complexity index is 941. The second-order valence-electron chi connectivity index (χ2n) is 5.36. The first-order valence-corrected chi connectivity index (χ1v) is 7.71. The van der Waals surface area contributed by atoms with Crippen LogP contribution in [0.5, 0.6) is 0 Å². The van der Waals surface area contributed by atoms with Gasteiger partial charge in [0.1, 0.15) is 29.2 Å². The minimum atomic E-state index is -0.512. The van der Waals surface area contributed by atoms with Crippen LogP contribution in [0.2, 0.25) is 0 Å². The molecule has 1 aromatic carbocycles. The number of esters is 2. The predicted molar refractivity (Wildman–Crippen MR) is 87.1 cm³/mol. The van der Waals surface area contributed by atoms with Gasteiger partial charge >= 0.3 is 11.9 Å². The van der Waals surface area contributed by atoms with E-state index in [2.05, 4.69) is 15.0 Å². The number of fused-ring (bicyclic) bond motifs is 1. The van der Waals surface area contributed by atoms with Crippen molar-refractivity contribution in [1.82, 2.24) is 15.0 Å². The highest BCUT2D eigenvalue weighted by Gasteiger charge is 2.17. The number of hydrogen-bond acceptors (Lipinski definition) is 7. The van der Waals surface area contributed by atoms with E-state index in [0.717, 1.165) is 5.52 Å². The lowest BCUT2D eigenvalue weighted by Crippen LogP contribution is -2.05. The summed E-state index contributed by atoms with van der Waals surface area (Å²) < 4.78 is 17.0. The van der Waals surface area contributed by atoms with Crippen LogP contribution in [0.25, 0.3) is 11.0 Å². The number of furan rings is 1. The Hall–Kier alpha value is -3.16. The van der Waals surface area contributed by atoms with E-state index in [1.807, 2.05) is 6.92 Å². The lowest BCUT2D eigenvalue weighted by Gasteiger charge is -2.03. The van der Waals surface area contributed by atoms with Crippen LogP contribution < -0.4 is 0 Å². The summed E-state index contributed by atoms with van der Waals surface area (Å²) in [6, 6.07) is 6.57. The van der Waals surface area contributed by atoms with Gasteiger partial charge < -0.3 is 13.9 Å². The highest BCUT2D eigenvalue weighted by molar-refractivity contribution is 5.93. The van der Waals surface area contributed by atoms with Crippen molar-refractivity contribution in [1.29, 1.82) is 0 Å². The van der Waals surface area contributed by atoms with Crippen molar-refractivity contribution in [2.45, 2.75) is 27.0 Å². The Morgan fingerprint density at radius 3 is 2.76 bits per heavy atom. The van der Waals surface area contributed by atoms with Crippen LogP contribution >= 0.6 is 0 Å². The molecule has 0 saturated heterocycles. The molecular weight excluding hydrogens is 326 g/mol. The summed E-state index contributed by atoms with van der Waals surface area (Å²) in [4.78, 5) is 23.8. The Labute approximate surface area is 143 Å². The number of aryl methyl sites for hydroxylation is 2. The third-order valence-electron chi connectivity index (χ3n) is 3.77. The Kier molecular flexibility index (Phi) is 4.51. The van der Waals surface area contributed by atoms with Crippen molar-refractivity contribution in [3.8, 4) is 0 Å². The molecule has 25 heavy (non-hydrogen) atoms. The predicted octanol–water partition coefficient (Wildman–Crippen LogP) is 2.50. The maximum Gasteiger partial charge on any atom is 0.341 e. The molecule has 0 aliphatic heterocycles. The number of ether oxygens (including phenoxy) is 2. The van der Waals surface area contributed by atoms with Gasteiger partial charge in [0.25, 0.3) is 0 Å². The van der Waals surface area contributed by atoms with Gasteiger partial charge in [-0.05, 0) is 38.1 Å². The summed E-state index contributed by atoms with van der Waals surface area (Å²) in [5.74, 6) is -0.232. The molecule has 8 nitrogen and oxygen atoms in total. The Morgan fingerprint density at radius 1 is 1.24 bits per heavy atom. The molecule has 0 radical (unpaired) electrons. The lowest BCUT2D eigenvalue weighted by molar-refractivity contribution is 0.0444. The molecule has 0 bridgehead atoms. The van der Waals surface area contributed by atoms with Gasteiger partial charge in [0.05, 0.1) is 18.2 Å². The fourth-order valence-electron chi connectivity index (χ4n) is 2.48. The SMILES string of the molecule is CCn1nnc2cc(C(=O)OCc3cc(C(=O)OC)c(C)o3)ccc21. The van der Waals surface area contributed by atoms with Gasteiger partial charge in [-0.3, -0.25) is 0 Å². The highest BCUT2D eigenvalue weighted by Crippen LogP contribution is 2.18. The minimum absolute atomic E-state index is 0.0869. The molecule has 0 unspecified atom stereocenters. The van der Waals surface area contributed by atoms with Gasteiger partial charge in [-0.15, -0.1) is 5.10 Å². The third kappa shape index (κ3) is 3.23. The first-order valence-electron chi connectivity index (χ1n) is 7.71. The van der Waals surface area contributed by atoms with Crippen LogP contribution in [0.15, 0.2) is 28.7 Å². The summed E-state index contributed by atoms with van der Waals surface area (Å²) >= 11 is 0. The summed E-state index contributed by atoms with van der Waals surface area (Å²) in [5.41, 5.74) is 2.15. The molecular formula is C17H17N3O5. The van der Waals surface area contributed by atoms with Crippen LogP contribution in [0.1, 0.15) is 39.2 Å². The van der Waals surface area contributed by atoms with Gasteiger partial charge in [0.2, 0.25) is 0 Å². The molecule has 0 spiro atoms. The van der Waals surface area contributed by atoms with Crippen molar-refractivity contribution in [3.05, 3.63) is 46.9 Å². The van der Waals surface area contributed by atoms with E-state index in [1.165, 1.54) is 13.2 Å². The standard InChI is InChI=1S/C17H17N3O5/c1-4-20-15-6-5-11(7-14(15)18-19-20)16(21)24-9-12-8-13(10(2)25-12)17(22)23-3/h5-8H,4,9H2,1-3H3. The number of nitrogens with zero attached hydrogens (tertiary/aromatic N) is 3. The second-order valence-corrected chi connectivity index (χ2v) is 5.36. The molecule has 8 heteroatoms. The van der Waals surface area contributed by atoms with Gasteiger partial charge in [0, 0.05) is 6.54 Å². The van der Waals surface area contributed by atoms with Gasteiger partial charge in [-0.2, -0.15) is 0 Å². The topological polar surface area (TPSA) is 96.5 Å². The fourth-order valence-corrected chi connectivity index (χ4v) is 2.48. The monoisotopic (exact) mass is 343 g/mol. The largest absolute Gasteiger partial charge is 0.465 e. The van der Waals surface area contributed by atoms with Crippen molar-refractivity contribution in [3.63, 3.8) is 0 Å². The van der Waals surface area contributed by atoms with Gasteiger partial charge in [-0.1, -0.05) is 5.21 Å². The number of methoxy groups -OCH3 is 1. The fraction of sp³-hybridized carbons (Fsp3) is 0.294. The van der Waals surface area contributed by atoms with E-state index in [9.17, 15) is 9.59 Å². The van der Waals surface area contributed by atoms with E-state index >= 15 is 0 Å². The summed E-state index contributed by atoms with van der Waals surface area (Å²) in [6.45, 7) is 4.21. The molecule has 3 rings (SSSR count). The molecule has 2 aromatic heterocycles. The van der Waals surface area contributed by atoms with E-state index < -0.39 is 11.9 Å². The smallest absolute Gasteiger partial charge is 0.341 e. The maximum absolute atomic E-state index is 12.2. The molecule has 0 N–H and O–H groups in total. The molecule has 0 saturated carbocycles. The molecule has 0 atom stereocenters. The summed E-state index contributed by atoms with van der Waals surface area (Å²) in [7, 11) is 1.29. The normalized spacial score (nSPS) is 10.8. The van der Waals surface area contributed by atoms with Crippen LogP contribution in [0, 0.1) is 6.92 Å². The number of hydrogen-bond donors (Lipinski definition) is 0. The summed E-state index contributed by atoms with van der Waals surface area (Å²) in [6.07, 6.45) is 0. The average Bonchev–Trinajstić information content (AvgIpc) is 3.21. The third-order valence-corrected chi connectivity index (χ3v) is 3.77. The van der Waals surface area contributed by atoms with Crippen molar-refractivity contribution in [2.75, 3.05) is 7.11 Å². The van der Waals surface area contributed by atoms with E-state index in [1.54, 1.807) is 29.8 Å². The number of carbonyl (C=O) groups excluding carboxylic acids is 2. The van der Waals surface area contributed by atoms with Crippen molar-refractivity contribution < 1.29 is 23.5 Å². The van der Waals surface area contributed by atoms with Crippen LogP contribution in [-0.4, -0.2) is 34.0 Å². The number of carbonyl (C=O) groups is 2. The maximum atomic E-state index is 12.2. The van der Waals surface area contributed by atoms with Gasteiger partial charge in [-0.25, -0.2) is 14.3 Å². The van der Waals surface area contributed by atoms with E-state index in [-0.39, 0.29) is 6.61 Å². The molecule has 0 aliphatic rings. The highest BCUT2D eigenvalue weighted by atomic mass is 16.5. The van der Waals surface area contributed by atoms with Crippen LogP contribution in [0.4, 0.5) is 0 Å². The molecule has 0 amide bonds. The van der Waals surface area contributed by atoms with Gasteiger partial charge in [0.15, 0.2) is 0 Å². The van der Waals surface area contributed by atoms with E-state index in [4.69, 9.17) is 9.15 Å². The number of aromatic nitrogens is 3. The van der Waals surface area contributed by atoms with Crippen molar-refractivity contribution >= 4 is 23.0 Å². The van der Waals surface area contributed by atoms with E-state index in [0.29, 0.717) is 34.7 Å². The lowest BCUT2D eigenvalue weighted by atomic mass is 10.2. The molecule has 3 aromatic rings. The van der Waals surface area contributed by atoms with Crippen molar-refractivity contribution in [2.24, 2.45) is 0 Å². The Morgan fingerprint density at radius 2 is 2.04 bits per heavy atom. The average molecular weight is 343 g/mol. The number of benzene rings is 1. The first kappa shape index (κ1) is 16.7. The molecule has 0 aliphatic carbocycles.